The summed E-state index contributed by atoms with van der Waals surface area (Å²) in [6.07, 6.45) is 4.24. The summed E-state index contributed by atoms with van der Waals surface area (Å²) < 4.78 is 16.2. The van der Waals surface area contributed by atoms with Gasteiger partial charge in [-0.25, -0.2) is 0 Å². The third-order valence-electron chi connectivity index (χ3n) is 4.81. The van der Waals surface area contributed by atoms with E-state index in [1.807, 2.05) is 35.2 Å². The molecule has 0 aliphatic carbocycles. The van der Waals surface area contributed by atoms with Gasteiger partial charge in [0.25, 0.3) is 5.91 Å². The Kier molecular flexibility index (Phi) is 7.27. The van der Waals surface area contributed by atoms with E-state index in [0.717, 1.165) is 12.0 Å². The summed E-state index contributed by atoms with van der Waals surface area (Å²) in [5, 5.41) is 0. The summed E-state index contributed by atoms with van der Waals surface area (Å²) in [6, 6.07) is 17.3. The average molecular weight is 406 g/mol. The fourth-order valence-electron chi connectivity index (χ4n) is 3.26. The molecule has 1 amide bonds. The maximum absolute atomic E-state index is 13.5. The number of carbonyl (C=O) groups excluding carboxylic acids is 1. The number of methoxy groups -OCH3 is 3. The minimum absolute atomic E-state index is 0.117. The molecule has 0 aliphatic heterocycles. The molecule has 0 spiro atoms. The Labute approximate surface area is 177 Å². The second-order valence-electron chi connectivity index (χ2n) is 6.74. The average Bonchev–Trinajstić information content (AvgIpc) is 2.81. The number of carbonyl (C=O) groups is 1. The zero-order chi connectivity index (χ0) is 21.3. The van der Waals surface area contributed by atoms with Crippen LogP contribution in [-0.4, -0.2) is 43.7 Å². The molecule has 0 radical (unpaired) electrons. The number of pyridine rings is 1. The van der Waals surface area contributed by atoms with Crippen molar-refractivity contribution < 1.29 is 19.0 Å². The van der Waals surface area contributed by atoms with Gasteiger partial charge in [-0.05, 0) is 35.7 Å². The van der Waals surface area contributed by atoms with Crippen molar-refractivity contribution in [1.29, 1.82) is 0 Å². The standard InChI is InChI=1S/C24H26N2O4/c1-28-21-14-20(15-22(29-2)23(21)30-3)24(27)26(17-19-10-7-12-25-16-19)13-11-18-8-5-4-6-9-18/h4-10,12,14-16H,11,13,17H2,1-3H3. The van der Waals surface area contributed by atoms with Gasteiger partial charge in [-0.1, -0.05) is 36.4 Å². The van der Waals surface area contributed by atoms with Crippen molar-refractivity contribution in [3.8, 4) is 17.2 Å². The SMILES string of the molecule is COc1cc(C(=O)N(CCc2ccccc2)Cc2cccnc2)cc(OC)c1OC. The van der Waals surface area contributed by atoms with E-state index in [9.17, 15) is 4.79 Å². The molecule has 0 saturated heterocycles. The number of aromatic nitrogens is 1. The molecule has 0 unspecified atom stereocenters. The van der Waals surface area contributed by atoms with Crippen LogP contribution in [-0.2, 0) is 13.0 Å². The van der Waals surface area contributed by atoms with Crippen LogP contribution in [0.4, 0.5) is 0 Å². The number of ether oxygens (including phenoxy) is 3. The van der Waals surface area contributed by atoms with Crippen LogP contribution in [0.1, 0.15) is 21.5 Å². The van der Waals surface area contributed by atoms with Gasteiger partial charge in [-0.15, -0.1) is 0 Å². The Morgan fingerprint density at radius 1 is 0.900 bits per heavy atom. The van der Waals surface area contributed by atoms with Crippen LogP contribution < -0.4 is 14.2 Å². The molecule has 156 valence electrons. The third kappa shape index (κ3) is 5.08. The highest BCUT2D eigenvalue weighted by Gasteiger charge is 2.21. The predicted octanol–water partition coefficient (Wildman–Crippen LogP) is 3.99. The molecule has 0 fully saturated rings. The van der Waals surface area contributed by atoms with Gasteiger partial charge in [0.1, 0.15) is 0 Å². The number of hydrogen-bond acceptors (Lipinski definition) is 5. The van der Waals surface area contributed by atoms with Gasteiger partial charge < -0.3 is 19.1 Å². The van der Waals surface area contributed by atoms with E-state index in [1.54, 1.807) is 24.5 Å². The summed E-state index contributed by atoms with van der Waals surface area (Å²) in [6.45, 7) is 1.02. The lowest BCUT2D eigenvalue weighted by molar-refractivity contribution is 0.0744. The lowest BCUT2D eigenvalue weighted by Gasteiger charge is -2.24. The smallest absolute Gasteiger partial charge is 0.254 e. The molecular weight excluding hydrogens is 380 g/mol. The molecule has 1 heterocycles. The first kappa shape index (κ1) is 21.2. The number of rotatable bonds is 9. The monoisotopic (exact) mass is 406 g/mol. The van der Waals surface area contributed by atoms with Crippen LogP contribution in [0.3, 0.4) is 0 Å². The Morgan fingerprint density at radius 3 is 2.13 bits per heavy atom. The molecule has 1 aromatic heterocycles. The highest BCUT2D eigenvalue weighted by molar-refractivity contribution is 5.95. The molecule has 0 atom stereocenters. The first-order valence-electron chi connectivity index (χ1n) is 9.68. The molecule has 0 saturated carbocycles. The molecule has 30 heavy (non-hydrogen) atoms. The Balaban J connectivity index is 1.90. The molecular formula is C24H26N2O4. The molecule has 2 aromatic carbocycles. The van der Waals surface area contributed by atoms with Crippen molar-refractivity contribution in [3.05, 3.63) is 83.7 Å². The van der Waals surface area contributed by atoms with Crippen molar-refractivity contribution in [3.63, 3.8) is 0 Å². The van der Waals surface area contributed by atoms with Crippen molar-refractivity contribution in [2.45, 2.75) is 13.0 Å². The minimum atomic E-state index is -0.117. The number of nitrogens with zero attached hydrogens (tertiary/aromatic N) is 2. The third-order valence-corrected chi connectivity index (χ3v) is 4.81. The van der Waals surface area contributed by atoms with Crippen LogP contribution in [0.25, 0.3) is 0 Å². The van der Waals surface area contributed by atoms with Crippen LogP contribution in [0.15, 0.2) is 67.0 Å². The molecule has 6 heteroatoms. The van der Waals surface area contributed by atoms with Crippen molar-refractivity contribution >= 4 is 5.91 Å². The second-order valence-corrected chi connectivity index (χ2v) is 6.74. The van der Waals surface area contributed by atoms with E-state index in [-0.39, 0.29) is 5.91 Å². The van der Waals surface area contributed by atoms with E-state index >= 15 is 0 Å². The van der Waals surface area contributed by atoms with Crippen LogP contribution in [0, 0.1) is 0 Å². The van der Waals surface area contributed by atoms with E-state index in [4.69, 9.17) is 14.2 Å². The highest BCUT2D eigenvalue weighted by Crippen LogP contribution is 2.38. The van der Waals surface area contributed by atoms with Gasteiger partial charge in [0.05, 0.1) is 21.3 Å². The Hall–Kier alpha value is -3.54. The Morgan fingerprint density at radius 2 is 1.57 bits per heavy atom. The molecule has 0 bridgehead atoms. The summed E-state index contributed by atoms with van der Waals surface area (Å²) in [5.41, 5.74) is 2.61. The maximum Gasteiger partial charge on any atom is 0.254 e. The van der Waals surface area contributed by atoms with Gasteiger partial charge in [0.2, 0.25) is 5.75 Å². The lowest BCUT2D eigenvalue weighted by Crippen LogP contribution is -2.32. The van der Waals surface area contributed by atoms with E-state index in [0.29, 0.717) is 35.9 Å². The molecule has 0 aliphatic rings. The van der Waals surface area contributed by atoms with Gasteiger partial charge in [0, 0.05) is 31.0 Å². The second kappa shape index (κ2) is 10.3. The number of hydrogen-bond donors (Lipinski definition) is 0. The topological polar surface area (TPSA) is 60.9 Å². The largest absolute Gasteiger partial charge is 0.493 e. The quantitative estimate of drug-likeness (QED) is 0.538. The maximum atomic E-state index is 13.5. The van der Waals surface area contributed by atoms with Gasteiger partial charge in [0.15, 0.2) is 11.5 Å². The first-order valence-corrected chi connectivity index (χ1v) is 9.68. The predicted molar refractivity (Wildman–Crippen MR) is 115 cm³/mol. The van der Waals surface area contributed by atoms with Crippen molar-refractivity contribution in [1.82, 2.24) is 9.88 Å². The molecule has 3 aromatic rings. The normalized spacial score (nSPS) is 10.4. The minimum Gasteiger partial charge on any atom is -0.493 e. The van der Waals surface area contributed by atoms with Gasteiger partial charge in [-0.2, -0.15) is 0 Å². The fraction of sp³-hybridized carbons (Fsp3) is 0.250. The van der Waals surface area contributed by atoms with E-state index in [2.05, 4.69) is 17.1 Å². The van der Waals surface area contributed by atoms with Gasteiger partial charge in [-0.3, -0.25) is 9.78 Å². The number of amides is 1. The highest BCUT2D eigenvalue weighted by atomic mass is 16.5. The van der Waals surface area contributed by atoms with Crippen LogP contribution in [0.5, 0.6) is 17.2 Å². The van der Waals surface area contributed by atoms with Gasteiger partial charge >= 0.3 is 0 Å². The zero-order valence-corrected chi connectivity index (χ0v) is 17.5. The first-order chi connectivity index (χ1) is 14.7. The summed E-state index contributed by atoms with van der Waals surface area (Å²) in [7, 11) is 4.61. The summed E-state index contributed by atoms with van der Waals surface area (Å²) >= 11 is 0. The van der Waals surface area contributed by atoms with Crippen molar-refractivity contribution in [2.75, 3.05) is 27.9 Å². The molecule has 0 N–H and O–H groups in total. The zero-order valence-electron chi connectivity index (χ0n) is 17.5. The van der Waals surface area contributed by atoms with Crippen molar-refractivity contribution in [2.24, 2.45) is 0 Å². The van der Waals surface area contributed by atoms with Crippen LogP contribution in [0.2, 0.25) is 0 Å². The fourth-order valence-corrected chi connectivity index (χ4v) is 3.26. The molecule has 3 rings (SSSR count). The lowest BCUT2D eigenvalue weighted by atomic mass is 10.1. The summed E-state index contributed by atoms with van der Waals surface area (Å²) in [4.78, 5) is 19.4. The summed E-state index contributed by atoms with van der Waals surface area (Å²) in [5.74, 6) is 1.24. The van der Waals surface area contributed by atoms with Crippen LogP contribution >= 0.6 is 0 Å². The molecule has 6 nitrogen and oxygen atoms in total. The van der Waals surface area contributed by atoms with E-state index < -0.39 is 0 Å². The van der Waals surface area contributed by atoms with E-state index in [1.165, 1.54) is 26.9 Å². The Bertz CT molecular complexity index is 936. The number of benzene rings is 2.